The van der Waals surface area contributed by atoms with E-state index in [1.165, 1.54) is 0 Å². The number of hydrogen-bond acceptors (Lipinski definition) is 3. The van der Waals surface area contributed by atoms with E-state index >= 15 is 0 Å². The van der Waals surface area contributed by atoms with Gasteiger partial charge in [-0.3, -0.25) is 9.59 Å². The Kier molecular flexibility index (Phi) is 3.28. The van der Waals surface area contributed by atoms with Crippen molar-refractivity contribution >= 4 is 11.7 Å². The molecule has 1 saturated heterocycles. The van der Waals surface area contributed by atoms with Crippen molar-refractivity contribution in [3.05, 3.63) is 0 Å². The summed E-state index contributed by atoms with van der Waals surface area (Å²) in [4.78, 5) is 23.1. The minimum atomic E-state index is -0.637. The van der Waals surface area contributed by atoms with Crippen LogP contribution in [0, 0.1) is 0 Å². The summed E-state index contributed by atoms with van der Waals surface area (Å²) < 4.78 is 5.49. The highest BCUT2D eigenvalue weighted by Gasteiger charge is 2.38. The highest BCUT2D eigenvalue weighted by molar-refractivity contribution is 5.85. The molecule has 1 saturated carbocycles. The van der Waals surface area contributed by atoms with Crippen LogP contribution in [-0.2, 0) is 14.3 Å². The van der Waals surface area contributed by atoms with Crippen molar-refractivity contribution in [3.8, 4) is 0 Å². The quantitative estimate of drug-likeness (QED) is 0.768. The SMILES string of the molecule is CC1(C(=O)NC2CCC(=O)CC2)CCCO1. The van der Waals surface area contributed by atoms with E-state index in [-0.39, 0.29) is 11.9 Å². The molecule has 1 N–H and O–H groups in total. The molecule has 1 aliphatic heterocycles. The molecule has 1 heterocycles. The monoisotopic (exact) mass is 225 g/mol. The summed E-state index contributed by atoms with van der Waals surface area (Å²) in [6.45, 7) is 2.52. The molecule has 1 unspecified atom stereocenters. The van der Waals surface area contributed by atoms with Gasteiger partial charge in [-0.1, -0.05) is 0 Å². The number of ether oxygens (including phenoxy) is 1. The molecule has 2 fully saturated rings. The van der Waals surface area contributed by atoms with Crippen molar-refractivity contribution in [2.24, 2.45) is 0 Å². The smallest absolute Gasteiger partial charge is 0.252 e. The second-order valence-electron chi connectivity index (χ2n) is 4.97. The van der Waals surface area contributed by atoms with Crippen LogP contribution in [0.1, 0.15) is 45.4 Å². The summed E-state index contributed by atoms with van der Waals surface area (Å²) in [5, 5.41) is 3.01. The second-order valence-corrected chi connectivity index (χ2v) is 4.97. The topological polar surface area (TPSA) is 55.4 Å². The summed E-state index contributed by atoms with van der Waals surface area (Å²) in [5.41, 5.74) is -0.637. The fourth-order valence-electron chi connectivity index (χ4n) is 2.38. The fraction of sp³-hybridized carbons (Fsp3) is 0.833. The third-order valence-electron chi connectivity index (χ3n) is 3.58. The Morgan fingerprint density at radius 3 is 2.69 bits per heavy atom. The molecular formula is C12H19NO3. The van der Waals surface area contributed by atoms with Crippen molar-refractivity contribution in [2.75, 3.05) is 6.61 Å². The van der Waals surface area contributed by atoms with Crippen LogP contribution >= 0.6 is 0 Å². The molecule has 2 aliphatic rings. The van der Waals surface area contributed by atoms with Crippen LogP contribution in [0.4, 0.5) is 0 Å². The minimum Gasteiger partial charge on any atom is -0.365 e. The van der Waals surface area contributed by atoms with Gasteiger partial charge in [-0.15, -0.1) is 0 Å². The second kappa shape index (κ2) is 4.53. The van der Waals surface area contributed by atoms with Crippen LogP contribution in [0.5, 0.6) is 0 Å². The number of Topliss-reactive ketones (excluding diaryl/α,β-unsaturated/α-hetero) is 1. The Balaban J connectivity index is 1.85. The van der Waals surface area contributed by atoms with Gasteiger partial charge >= 0.3 is 0 Å². The normalized spacial score (nSPS) is 31.7. The average Bonchev–Trinajstić information content (AvgIpc) is 2.70. The first-order valence-electron chi connectivity index (χ1n) is 6.07. The molecule has 4 heteroatoms. The van der Waals surface area contributed by atoms with Gasteiger partial charge in [0.15, 0.2) is 0 Å². The Labute approximate surface area is 95.7 Å². The first-order chi connectivity index (χ1) is 7.60. The molecule has 90 valence electrons. The zero-order valence-corrected chi connectivity index (χ0v) is 9.75. The van der Waals surface area contributed by atoms with Gasteiger partial charge in [0, 0.05) is 25.5 Å². The number of carbonyl (C=O) groups excluding carboxylic acids is 2. The maximum absolute atomic E-state index is 12.0. The molecule has 0 bridgehead atoms. The molecule has 0 spiro atoms. The minimum absolute atomic E-state index is 0.00986. The number of rotatable bonds is 2. The molecule has 4 nitrogen and oxygen atoms in total. The van der Waals surface area contributed by atoms with E-state index in [9.17, 15) is 9.59 Å². The maximum atomic E-state index is 12.0. The molecule has 1 amide bonds. The van der Waals surface area contributed by atoms with Gasteiger partial charge in [0.1, 0.15) is 11.4 Å². The molecule has 0 aromatic carbocycles. The van der Waals surface area contributed by atoms with E-state index in [0.29, 0.717) is 25.2 Å². The van der Waals surface area contributed by atoms with Gasteiger partial charge < -0.3 is 10.1 Å². The molecule has 1 atom stereocenters. The lowest BCUT2D eigenvalue weighted by atomic mass is 9.93. The van der Waals surface area contributed by atoms with Crippen LogP contribution in [0.15, 0.2) is 0 Å². The Bertz CT molecular complexity index is 285. The lowest BCUT2D eigenvalue weighted by Crippen LogP contribution is -2.49. The highest BCUT2D eigenvalue weighted by Crippen LogP contribution is 2.26. The van der Waals surface area contributed by atoms with Crippen LogP contribution < -0.4 is 5.32 Å². The van der Waals surface area contributed by atoms with Crippen molar-refractivity contribution in [1.29, 1.82) is 0 Å². The number of hydrogen-bond donors (Lipinski definition) is 1. The van der Waals surface area contributed by atoms with E-state index < -0.39 is 5.60 Å². The van der Waals surface area contributed by atoms with Crippen LogP contribution in [-0.4, -0.2) is 29.9 Å². The van der Waals surface area contributed by atoms with Gasteiger partial charge in [0.25, 0.3) is 5.91 Å². The van der Waals surface area contributed by atoms with Crippen molar-refractivity contribution in [1.82, 2.24) is 5.32 Å². The third-order valence-corrected chi connectivity index (χ3v) is 3.58. The van der Waals surface area contributed by atoms with Crippen LogP contribution in [0.3, 0.4) is 0 Å². The number of ketones is 1. The molecule has 1 aliphatic carbocycles. The number of carbonyl (C=O) groups is 2. The van der Waals surface area contributed by atoms with Crippen molar-refractivity contribution in [2.45, 2.75) is 57.1 Å². The number of nitrogens with one attached hydrogen (secondary N) is 1. The predicted octanol–water partition coefficient (Wildman–Crippen LogP) is 1.18. The summed E-state index contributed by atoms with van der Waals surface area (Å²) in [7, 11) is 0. The first kappa shape index (κ1) is 11.6. The summed E-state index contributed by atoms with van der Waals surface area (Å²) in [6, 6.07) is 0.159. The van der Waals surface area contributed by atoms with E-state index in [1.807, 2.05) is 6.92 Å². The third kappa shape index (κ3) is 2.43. The average molecular weight is 225 g/mol. The van der Waals surface area contributed by atoms with Gasteiger partial charge in [-0.05, 0) is 32.6 Å². The van der Waals surface area contributed by atoms with E-state index in [1.54, 1.807) is 0 Å². The number of amides is 1. The largest absolute Gasteiger partial charge is 0.365 e. The standard InChI is InChI=1S/C12H19NO3/c1-12(7-2-8-16-12)11(15)13-9-3-5-10(14)6-4-9/h9H,2-8H2,1H3,(H,13,15). The molecule has 0 aromatic heterocycles. The fourth-order valence-corrected chi connectivity index (χ4v) is 2.38. The zero-order chi connectivity index (χ0) is 11.6. The summed E-state index contributed by atoms with van der Waals surface area (Å²) >= 11 is 0. The summed E-state index contributed by atoms with van der Waals surface area (Å²) in [6.07, 6.45) is 4.50. The molecular weight excluding hydrogens is 206 g/mol. The van der Waals surface area contributed by atoms with Gasteiger partial charge in [0.2, 0.25) is 0 Å². The van der Waals surface area contributed by atoms with Crippen LogP contribution in [0.2, 0.25) is 0 Å². The molecule has 0 aromatic rings. The highest BCUT2D eigenvalue weighted by atomic mass is 16.5. The van der Waals surface area contributed by atoms with Crippen molar-refractivity contribution < 1.29 is 14.3 Å². The van der Waals surface area contributed by atoms with Gasteiger partial charge in [-0.25, -0.2) is 0 Å². The van der Waals surface area contributed by atoms with Crippen LogP contribution in [0.25, 0.3) is 0 Å². The van der Waals surface area contributed by atoms with Crippen molar-refractivity contribution in [3.63, 3.8) is 0 Å². The Hall–Kier alpha value is -0.900. The molecule has 2 rings (SSSR count). The van der Waals surface area contributed by atoms with E-state index in [2.05, 4.69) is 5.32 Å². The van der Waals surface area contributed by atoms with E-state index in [0.717, 1.165) is 25.7 Å². The molecule has 0 radical (unpaired) electrons. The zero-order valence-electron chi connectivity index (χ0n) is 9.75. The maximum Gasteiger partial charge on any atom is 0.252 e. The summed E-state index contributed by atoms with van der Waals surface area (Å²) in [5.74, 6) is 0.304. The lowest BCUT2D eigenvalue weighted by molar-refractivity contribution is -0.141. The first-order valence-corrected chi connectivity index (χ1v) is 6.07. The Morgan fingerprint density at radius 2 is 2.12 bits per heavy atom. The predicted molar refractivity (Wildman–Crippen MR) is 59.0 cm³/mol. The lowest BCUT2D eigenvalue weighted by Gasteiger charge is -2.28. The van der Waals surface area contributed by atoms with Gasteiger partial charge in [-0.2, -0.15) is 0 Å². The van der Waals surface area contributed by atoms with Gasteiger partial charge in [0.05, 0.1) is 0 Å². The Morgan fingerprint density at radius 1 is 1.44 bits per heavy atom. The molecule has 16 heavy (non-hydrogen) atoms. The van der Waals surface area contributed by atoms with E-state index in [4.69, 9.17) is 4.74 Å².